The zero-order valence-electron chi connectivity index (χ0n) is 18.5. The van der Waals surface area contributed by atoms with E-state index >= 15 is 0 Å². The molecule has 0 fully saturated rings. The van der Waals surface area contributed by atoms with Gasteiger partial charge in [-0.1, -0.05) is 6.07 Å². The molecule has 1 atom stereocenters. The summed E-state index contributed by atoms with van der Waals surface area (Å²) in [7, 11) is 1.59. The third-order valence-corrected chi connectivity index (χ3v) is 5.49. The summed E-state index contributed by atoms with van der Waals surface area (Å²) in [5, 5.41) is 0. The Morgan fingerprint density at radius 2 is 1.91 bits per heavy atom. The van der Waals surface area contributed by atoms with Crippen molar-refractivity contribution in [1.82, 2.24) is 19.5 Å². The number of hydrogen-bond donors (Lipinski definition) is 1. The van der Waals surface area contributed by atoms with E-state index in [1.54, 1.807) is 32.6 Å². The molecule has 0 amide bonds. The molecule has 162 valence electrons. The number of hydrogen-bond acceptors (Lipinski definition) is 6. The summed E-state index contributed by atoms with van der Waals surface area (Å²) in [4.78, 5) is 25.9. The van der Waals surface area contributed by atoms with Crippen LogP contribution < -0.4 is 10.5 Å². The van der Waals surface area contributed by atoms with Crippen molar-refractivity contribution in [2.24, 2.45) is 5.73 Å². The maximum atomic E-state index is 12.2. The van der Waals surface area contributed by atoms with Crippen molar-refractivity contribution in [3.05, 3.63) is 78.1 Å². The largest absolute Gasteiger partial charge is 0.481 e. The second kappa shape index (κ2) is 8.63. The first-order valence-corrected chi connectivity index (χ1v) is 10.3. The Kier molecular flexibility index (Phi) is 5.73. The minimum absolute atomic E-state index is 0.0561. The van der Waals surface area contributed by atoms with E-state index in [2.05, 4.69) is 27.7 Å². The standard InChI is InChI=1S/C25H25N5O2/c1-15(26)24(17(3)31)19-11-22-25(29-13-19)20(18-8-9-23(32-4)28-12-18)14-30(22)16(2)21-7-5-6-10-27-21/h5-14,16H,26H2,1-4H3/t16-/m0/s1. The number of nitrogens with two attached hydrogens (primary N) is 1. The van der Waals surface area contributed by atoms with Crippen LogP contribution in [0.2, 0.25) is 0 Å². The predicted octanol–water partition coefficient (Wildman–Crippen LogP) is 4.39. The van der Waals surface area contributed by atoms with Crippen molar-refractivity contribution in [3.63, 3.8) is 0 Å². The number of methoxy groups -OCH3 is 1. The van der Waals surface area contributed by atoms with Crippen LogP contribution in [0.25, 0.3) is 27.7 Å². The molecule has 4 aromatic heterocycles. The van der Waals surface area contributed by atoms with E-state index in [1.807, 2.05) is 36.4 Å². The third-order valence-electron chi connectivity index (χ3n) is 5.49. The number of aromatic nitrogens is 4. The first-order valence-electron chi connectivity index (χ1n) is 10.3. The summed E-state index contributed by atoms with van der Waals surface area (Å²) in [6.07, 6.45) is 7.30. The molecule has 4 heterocycles. The molecular weight excluding hydrogens is 402 g/mol. The quantitative estimate of drug-likeness (QED) is 0.459. The van der Waals surface area contributed by atoms with Crippen LogP contribution in [0.3, 0.4) is 0 Å². The van der Waals surface area contributed by atoms with Crippen LogP contribution in [0.5, 0.6) is 5.88 Å². The van der Waals surface area contributed by atoms with E-state index in [-0.39, 0.29) is 11.8 Å². The lowest BCUT2D eigenvalue weighted by Crippen LogP contribution is -2.08. The molecule has 7 heteroatoms. The van der Waals surface area contributed by atoms with Gasteiger partial charge in [-0.05, 0) is 45.0 Å². The summed E-state index contributed by atoms with van der Waals surface area (Å²) in [6.45, 7) is 5.32. The number of carbonyl (C=O) groups is 1. The number of nitrogens with zero attached hydrogens (tertiary/aromatic N) is 4. The van der Waals surface area contributed by atoms with Crippen molar-refractivity contribution in [1.29, 1.82) is 0 Å². The Balaban J connectivity index is 1.96. The molecule has 0 radical (unpaired) electrons. The van der Waals surface area contributed by atoms with Crippen molar-refractivity contribution in [2.45, 2.75) is 26.8 Å². The van der Waals surface area contributed by atoms with Crippen molar-refractivity contribution in [2.75, 3.05) is 7.11 Å². The third kappa shape index (κ3) is 3.85. The van der Waals surface area contributed by atoms with Crippen LogP contribution in [0.1, 0.15) is 38.1 Å². The molecule has 4 rings (SSSR count). The second-order valence-electron chi connectivity index (χ2n) is 7.68. The average Bonchev–Trinajstić information content (AvgIpc) is 3.17. The van der Waals surface area contributed by atoms with E-state index in [9.17, 15) is 4.79 Å². The van der Waals surface area contributed by atoms with Crippen LogP contribution in [-0.4, -0.2) is 32.4 Å². The van der Waals surface area contributed by atoms with Gasteiger partial charge in [0.15, 0.2) is 5.78 Å². The molecule has 0 aromatic carbocycles. The van der Waals surface area contributed by atoms with Gasteiger partial charge in [0.1, 0.15) is 0 Å². The van der Waals surface area contributed by atoms with Gasteiger partial charge in [0.05, 0.1) is 29.9 Å². The Morgan fingerprint density at radius 1 is 1.09 bits per heavy atom. The molecule has 0 aliphatic rings. The van der Waals surface area contributed by atoms with Gasteiger partial charge in [0, 0.05) is 58.8 Å². The Labute approximate surface area is 186 Å². The van der Waals surface area contributed by atoms with Crippen LogP contribution in [0, 0.1) is 0 Å². The summed E-state index contributed by atoms with van der Waals surface area (Å²) in [6, 6.07) is 11.5. The Bertz CT molecular complexity index is 1300. The second-order valence-corrected chi connectivity index (χ2v) is 7.68. The highest BCUT2D eigenvalue weighted by atomic mass is 16.5. The molecule has 0 saturated carbocycles. The summed E-state index contributed by atoms with van der Waals surface area (Å²) >= 11 is 0. The highest BCUT2D eigenvalue weighted by Crippen LogP contribution is 2.34. The molecular formula is C25H25N5O2. The van der Waals surface area contributed by atoms with Gasteiger partial charge in [0.2, 0.25) is 5.88 Å². The van der Waals surface area contributed by atoms with E-state index in [4.69, 9.17) is 15.5 Å². The van der Waals surface area contributed by atoms with E-state index in [0.717, 1.165) is 27.9 Å². The lowest BCUT2D eigenvalue weighted by Gasteiger charge is -2.15. The molecule has 0 unspecified atom stereocenters. The molecule has 0 saturated heterocycles. The van der Waals surface area contributed by atoms with Gasteiger partial charge in [0.25, 0.3) is 0 Å². The molecule has 0 spiro atoms. The normalized spacial score (nSPS) is 13.0. The van der Waals surface area contributed by atoms with Crippen LogP contribution in [-0.2, 0) is 4.79 Å². The predicted molar refractivity (Wildman–Crippen MR) is 125 cm³/mol. The highest BCUT2D eigenvalue weighted by molar-refractivity contribution is 6.20. The van der Waals surface area contributed by atoms with Gasteiger partial charge in [-0.25, -0.2) is 4.98 Å². The van der Waals surface area contributed by atoms with E-state index in [1.165, 1.54) is 6.92 Å². The number of fused-ring (bicyclic) bond motifs is 1. The Morgan fingerprint density at radius 3 is 2.50 bits per heavy atom. The highest BCUT2D eigenvalue weighted by Gasteiger charge is 2.20. The van der Waals surface area contributed by atoms with Crippen LogP contribution >= 0.6 is 0 Å². The van der Waals surface area contributed by atoms with E-state index in [0.29, 0.717) is 22.7 Å². The number of Topliss-reactive ketones (excluding diaryl/α,β-unsaturated/α-hetero) is 1. The maximum absolute atomic E-state index is 12.2. The van der Waals surface area contributed by atoms with Gasteiger partial charge < -0.3 is 15.0 Å². The first-order chi connectivity index (χ1) is 15.4. The minimum Gasteiger partial charge on any atom is -0.481 e. The fourth-order valence-electron chi connectivity index (χ4n) is 3.93. The number of ether oxygens (including phenoxy) is 1. The molecule has 0 bridgehead atoms. The van der Waals surface area contributed by atoms with Crippen LogP contribution in [0.4, 0.5) is 0 Å². The van der Waals surface area contributed by atoms with Gasteiger partial charge in [-0.2, -0.15) is 0 Å². The molecule has 7 nitrogen and oxygen atoms in total. The van der Waals surface area contributed by atoms with Crippen molar-refractivity contribution in [3.8, 4) is 17.0 Å². The summed E-state index contributed by atoms with van der Waals surface area (Å²) in [5.41, 5.74) is 12.1. The fraction of sp³-hybridized carbons (Fsp3) is 0.200. The number of carbonyl (C=O) groups excluding carboxylic acids is 1. The SMILES string of the molecule is COc1ccc(-c2cn([C@@H](C)c3ccccn3)c3cc(C(C(C)=O)=C(C)N)cnc23)cn1. The minimum atomic E-state index is -0.0957. The number of pyridine rings is 3. The smallest absolute Gasteiger partial charge is 0.212 e. The zero-order valence-corrected chi connectivity index (χ0v) is 18.5. The number of allylic oxidation sites excluding steroid dienone is 2. The molecule has 32 heavy (non-hydrogen) atoms. The summed E-state index contributed by atoms with van der Waals surface area (Å²) in [5.74, 6) is 0.450. The average molecular weight is 428 g/mol. The first kappa shape index (κ1) is 21.2. The lowest BCUT2D eigenvalue weighted by atomic mass is 10.0. The van der Waals surface area contributed by atoms with Crippen molar-refractivity contribution >= 4 is 22.4 Å². The molecule has 4 aromatic rings. The van der Waals surface area contributed by atoms with Gasteiger partial charge in [-0.15, -0.1) is 0 Å². The zero-order chi connectivity index (χ0) is 22.8. The summed E-state index contributed by atoms with van der Waals surface area (Å²) < 4.78 is 7.31. The molecule has 0 aliphatic heterocycles. The molecule has 2 N–H and O–H groups in total. The fourth-order valence-corrected chi connectivity index (χ4v) is 3.93. The topological polar surface area (TPSA) is 95.9 Å². The molecule has 0 aliphatic carbocycles. The number of ketones is 1. The maximum Gasteiger partial charge on any atom is 0.212 e. The monoisotopic (exact) mass is 427 g/mol. The van der Waals surface area contributed by atoms with Gasteiger partial charge in [-0.3, -0.25) is 14.8 Å². The van der Waals surface area contributed by atoms with Crippen molar-refractivity contribution < 1.29 is 9.53 Å². The van der Waals surface area contributed by atoms with Gasteiger partial charge >= 0.3 is 0 Å². The van der Waals surface area contributed by atoms with Crippen LogP contribution in [0.15, 0.2) is 66.9 Å². The Hall–Kier alpha value is -4.00. The lowest BCUT2D eigenvalue weighted by molar-refractivity contribution is -0.111. The number of rotatable bonds is 6. The van der Waals surface area contributed by atoms with E-state index < -0.39 is 0 Å².